The van der Waals surface area contributed by atoms with E-state index in [1.165, 1.54) is 0 Å². The van der Waals surface area contributed by atoms with Gasteiger partial charge in [-0.2, -0.15) is 0 Å². The standard InChI is InChI=1S/C13H32N2O3Si/c1-5-10-16-19(12-8-9-14,17-11-6-2)18-13(4,15)7-3/h5-12,14-15H2,1-4H3. The maximum atomic E-state index is 6.14. The molecule has 0 fully saturated rings. The molecular formula is C13H32N2O3Si. The highest BCUT2D eigenvalue weighted by molar-refractivity contribution is 6.60. The molecule has 1 unspecified atom stereocenters. The topological polar surface area (TPSA) is 79.7 Å². The maximum absolute atomic E-state index is 6.14. The van der Waals surface area contributed by atoms with Gasteiger partial charge in [-0.15, -0.1) is 0 Å². The predicted molar refractivity (Wildman–Crippen MR) is 80.7 cm³/mol. The molecule has 0 aliphatic carbocycles. The van der Waals surface area contributed by atoms with E-state index >= 15 is 0 Å². The van der Waals surface area contributed by atoms with Crippen LogP contribution in [0.15, 0.2) is 0 Å². The minimum Gasteiger partial charge on any atom is -0.373 e. The normalized spacial score (nSPS) is 15.5. The first kappa shape index (κ1) is 19.0. The summed E-state index contributed by atoms with van der Waals surface area (Å²) in [6.45, 7) is 9.91. The molecule has 4 N–H and O–H groups in total. The molecule has 0 saturated carbocycles. The van der Waals surface area contributed by atoms with Crippen LogP contribution in [0.4, 0.5) is 0 Å². The predicted octanol–water partition coefficient (Wildman–Crippen LogP) is 2.23. The summed E-state index contributed by atoms with van der Waals surface area (Å²) in [5.41, 5.74) is 11.0. The zero-order valence-electron chi connectivity index (χ0n) is 13.0. The minimum absolute atomic E-state index is 0.608. The first-order chi connectivity index (χ1) is 8.95. The number of hydrogen-bond acceptors (Lipinski definition) is 5. The lowest BCUT2D eigenvalue weighted by molar-refractivity contribution is -0.0225. The molecule has 0 rings (SSSR count). The van der Waals surface area contributed by atoms with E-state index in [1.54, 1.807) is 0 Å². The smallest absolute Gasteiger partial charge is 0.373 e. The van der Waals surface area contributed by atoms with Crippen LogP contribution in [-0.4, -0.2) is 34.3 Å². The average molecular weight is 292 g/mol. The SMILES string of the molecule is CCCO[Si](CCCN)(OCCC)OC(C)(N)CC. The van der Waals surface area contributed by atoms with Gasteiger partial charge in [0.05, 0.1) is 0 Å². The Morgan fingerprint density at radius 2 is 1.58 bits per heavy atom. The molecule has 0 bridgehead atoms. The molecule has 5 nitrogen and oxygen atoms in total. The van der Waals surface area contributed by atoms with Gasteiger partial charge in [0.15, 0.2) is 0 Å². The number of nitrogens with two attached hydrogens (primary N) is 2. The molecule has 0 heterocycles. The van der Waals surface area contributed by atoms with E-state index < -0.39 is 14.5 Å². The number of hydrogen-bond donors (Lipinski definition) is 2. The summed E-state index contributed by atoms with van der Waals surface area (Å²) in [5.74, 6) is 0. The van der Waals surface area contributed by atoms with Crippen LogP contribution in [-0.2, 0) is 13.3 Å². The lowest BCUT2D eigenvalue weighted by Gasteiger charge is -2.36. The van der Waals surface area contributed by atoms with Crippen LogP contribution in [0.1, 0.15) is 53.4 Å². The third-order valence-corrected chi connectivity index (χ3v) is 5.86. The first-order valence-corrected chi connectivity index (χ1v) is 9.35. The van der Waals surface area contributed by atoms with Crippen molar-refractivity contribution in [1.29, 1.82) is 0 Å². The Hall–Kier alpha value is 0.0169. The van der Waals surface area contributed by atoms with Crippen molar-refractivity contribution in [1.82, 2.24) is 0 Å². The van der Waals surface area contributed by atoms with Gasteiger partial charge in [0.2, 0.25) is 0 Å². The largest absolute Gasteiger partial charge is 0.502 e. The molecular weight excluding hydrogens is 260 g/mol. The molecule has 116 valence electrons. The third-order valence-electron chi connectivity index (χ3n) is 2.83. The fourth-order valence-electron chi connectivity index (χ4n) is 1.56. The Kier molecular flexibility index (Phi) is 9.86. The summed E-state index contributed by atoms with van der Waals surface area (Å²) < 4.78 is 18.1. The summed E-state index contributed by atoms with van der Waals surface area (Å²) in [6, 6.07) is 0.732. The van der Waals surface area contributed by atoms with Gasteiger partial charge in [-0.1, -0.05) is 20.8 Å². The van der Waals surface area contributed by atoms with Gasteiger partial charge >= 0.3 is 8.80 Å². The Balaban J connectivity index is 4.85. The monoisotopic (exact) mass is 292 g/mol. The second-order valence-electron chi connectivity index (χ2n) is 5.04. The van der Waals surface area contributed by atoms with E-state index in [-0.39, 0.29) is 0 Å². The van der Waals surface area contributed by atoms with E-state index in [0.717, 1.165) is 31.7 Å². The third kappa shape index (κ3) is 8.01. The second-order valence-corrected chi connectivity index (χ2v) is 7.69. The van der Waals surface area contributed by atoms with Gasteiger partial charge in [-0.3, -0.25) is 0 Å². The molecule has 0 aromatic carbocycles. The highest BCUT2D eigenvalue weighted by Gasteiger charge is 2.44. The molecule has 0 amide bonds. The van der Waals surface area contributed by atoms with Crippen LogP contribution in [0.3, 0.4) is 0 Å². The van der Waals surface area contributed by atoms with E-state index in [4.69, 9.17) is 24.7 Å². The summed E-state index contributed by atoms with van der Waals surface area (Å²) in [4.78, 5) is 0. The van der Waals surface area contributed by atoms with Crippen molar-refractivity contribution < 1.29 is 13.3 Å². The van der Waals surface area contributed by atoms with E-state index in [1.807, 2.05) is 13.8 Å². The summed E-state index contributed by atoms with van der Waals surface area (Å²) in [7, 11) is -2.72. The summed E-state index contributed by atoms with van der Waals surface area (Å²) in [5, 5.41) is 0. The van der Waals surface area contributed by atoms with Crippen LogP contribution in [0.2, 0.25) is 6.04 Å². The van der Waals surface area contributed by atoms with Crippen molar-refractivity contribution in [3.05, 3.63) is 0 Å². The molecule has 6 heteroatoms. The number of rotatable bonds is 12. The lowest BCUT2D eigenvalue weighted by atomic mass is 10.2. The van der Waals surface area contributed by atoms with E-state index in [0.29, 0.717) is 19.8 Å². The summed E-state index contributed by atoms with van der Waals surface area (Å²) >= 11 is 0. The highest BCUT2D eigenvalue weighted by atomic mass is 28.4. The van der Waals surface area contributed by atoms with Crippen LogP contribution in [0.5, 0.6) is 0 Å². The van der Waals surface area contributed by atoms with Crippen molar-refractivity contribution in [3.63, 3.8) is 0 Å². The quantitative estimate of drug-likeness (QED) is 0.426. The Morgan fingerprint density at radius 3 is 1.95 bits per heavy atom. The van der Waals surface area contributed by atoms with E-state index in [2.05, 4.69) is 13.8 Å². The van der Waals surface area contributed by atoms with Crippen LogP contribution < -0.4 is 11.5 Å². The highest BCUT2D eigenvalue weighted by Crippen LogP contribution is 2.24. The molecule has 0 spiro atoms. The zero-order valence-corrected chi connectivity index (χ0v) is 14.0. The molecule has 0 aromatic rings. The van der Waals surface area contributed by atoms with Gasteiger partial charge in [0.1, 0.15) is 5.72 Å². The van der Waals surface area contributed by atoms with Crippen molar-refractivity contribution in [2.45, 2.75) is 65.1 Å². The fraction of sp³-hybridized carbons (Fsp3) is 1.00. The van der Waals surface area contributed by atoms with Crippen LogP contribution in [0.25, 0.3) is 0 Å². The average Bonchev–Trinajstić information content (AvgIpc) is 2.40. The Bertz CT molecular complexity index is 206. The zero-order chi connectivity index (χ0) is 14.8. The Morgan fingerprint density at radius 1 is 1.05 bits per heavy atom. The van der Waals surface area contributed by atoms with Crippen molar-refractivity contribution in [2.24, 2.45) is 11.5 Å². The van der Waals surface area contributed by atoms with Gasteiger partial charge in [-0.25, -0.2) is 0 Å². The second kappa shape index (κ2) is 9.85. The molecule has 0 aromatic heterocycles. The minimum atomic E-state index is -2.72. The van der Waals surface area contributed by atoms with Gasteiger partial charge in [0.25, 0.3) is 0 Å². The summed E-state index contributed by atoms with van der Waals surface area (Å²) in [6.07, 6.45) is 3.42. The van der Waals surface area contributed by atoms with E-state index in [9.17, 15) is 0 Å². The maximum Gasteiger partial charge on any atom is 0.502 e. The Labute approximate surface area is 119 Å². The van der Waals surface area contributed by atoms with Crippen molar-refractivity contribution >= 4 is 8.80 Å². The van der Waals surface area contributed by atoms with Gasteiger partial charge < -0.3 is 24.7 Å². The molecule has 0 aliphatic heterocycles. The molecule has 0 aliphatic rings. The first-order valence-electron chi connectivity index (χ1n) is 7.42. The molecule has 19 heavy (non-hydrogen) atoms. The molecule has 0 radical (unpaired) electrons. The van der Waals surface area contributed by atoms with Crippen LogP contribution in [0, 0.1) is 0 Å². The van der Waals surface area contributed by atoms with Crippen molar-refractivity contribution in [2.75, 3.05) is 19.8 Å². The molecule has 0 saturated heterocycles. The van der Waals surface area contributed by atoms with Gasteiger partial charge in [0, 0.05) is 19.3 Å². The van der Waals surface area contributed by atoms with Gasteiger partial charge in [-0.05, 0) is 39.2 Å². The van der Waals surface area contributed by atoms with Crippen molar-refractivity contribution in [3.8, 4) is 0 Å². The lowest BCUT2D eigenvalue weighted by Crippen LogP contribution is -2.56. The molecule has 1 atom stereocenters. The van der Waals surface area contributed by atoms with Crippen LogP contribution >= 0.6 is 0 Å². The fourth-order valence-corrected chi connectivity index (χ4v) is 4.67.